The molecule has 7 nitrogen and oxygen atoms in total. The molecule has 0 unspecified atom stereocenters. The molecule has 0 aliphatic carbocycles. The first kappa shape index (κ1) is 15.1. The minimum Gasteiger partial charge on any atom is -0.347 e. The molecule has 2 N–H and O–H groups in total. The van der Waals surface area contributed by atoms with E-state index in [0.29, 0.717) is 12.2 Å². The number of nitrogens with zero attached hydrogens (tertiary/aromatic N) is 4. The van der Waals surface area contributed by atoms with Gasteiger partial charge in [0.1, 0.15) is 11.6 Å². The number of carbonyl (C=O) groups is 1. The summed E-state index contributed by atoms with van der Waals surface area (Å²) >= 11 is 0. The second-order valence-corrected chi connectivity index (χ2v) is 5.67. The van der Waals surface area contributed by atoms with Gasteiger partial charge in [0, 0.05) is 30.5 Å². The third-order valence-electron chi connectivity index (χ3n) is 4.02. The normalized spacial score (nSPS) is 10.9. The lowest BCUT2D eigenvalue weighted by Gasteiger charge is -2.07. The number of aromatic nitrogens is 5. The average Bonchev–Trinajstić information content (AvgIpc) is 3.26. The van der Waals surface area contributed by atoms with Crippen molar-refractivity contribution in [2.45, 2.75) is 13.5 Å². The van der Waals surface area contributed by atoms with Crippen LogP contribution in [0.4, 0.5) is 0 Å². The first-order valence-corrected chi connectivity index (χ1v) is 7.89. The third-order valence-corrected chi connectivity index (χ3v) is 4.02. The van der Waals surface area contributed by atoms with Crippen LogP contribution in [0.15, 0.2) is 55.0 Å². The molecule has 0 aliphatic heterocycles. The van der Waals surface area contributed by atoms with Crippen LogP contribution in [0.25, 0.3) is 16.7 Å². The number of benzene rings is 1. The van der Waals surface area contributed by atoms with Crippen LogP contribution in [0.5, 0.6) is 0 Å². The van der Waals surface area contributed by atoms with Crippen LogP contribution in [-0.4, -0.2) is 30.6 Å². The fourth-order valence-electron chi connectivity index (χ4n) is 2.72. The molecular weight excluding hydrogens is 316 g/mol. The SMILES string of the molecule is Cc1nccn1-c1cc(CNC(=O)c2n[nH]c3ccccc23)ccn1. The number of aryl methyl sites for hydroxylation is 1. The molecule has 0 saturated heterocycles. The second kappa shape index (κ2) is 6.20. The van der Waals surface area contributed by atoms with Crippen LogP contribution in [0.1, 0.15) is 21.9 Å². The van der Waals surface area contributed by atoms with Crippen LogP contribution >= 0.6 is 0 Å². The van der Waals surface area contributed by atoms with E-state index in [1.165, 1.54) is 0 Å². The lowest BCUT2D eigenvalue weighted by molar-refractivity contribution is 0.0947. The van der Waals surface area contributed by atoms with Gasteiger partial charge in [-0.15, -0.1) is 0 Å². The van der Waals surface area contributed by atoms with Crippen molar-refractivity contribution < 1.29 is 4.79 Å². The number of rotatable bonds is 4. The maximum Gasteiger partial charge on any atom is 0.272 e. The van der Waals surface area contributed by atoms with Crippen molar-refractivity contribution in [3.05, 3.63) is 72.1 Å². The number of fused-ring (bicyclic) bond motifs is 1. The van der Waals surface area contributed by atoms with Gasteiger partial charge in [-0.25, -0.2) is 9.97 Å². The zero-order valence-corrected chi connectivity index (χ0v) is 13.6. The van der Waals surface area contributed by atoms with E-state index in [9.17, 15) is 4.79 Å². The zero-order chi connectivity index (χ0) is 17.2. The highest BCUT2D eigenvalue weighted by atomic mass is 16.1. The van der Waals surface area contributed by atoms with Crippen LogP contribution in [0.2, 0.25) is 0 Å². The van der Waals surface area contributed by atoms with Crippen molar-refractivity contribution >= 4 is 16.8 Å². The molecular formula is C18H16N6O. The molecule has 4 aromatic rings. The minimum atomic E-state index is -0.213. The summed E-state index contributed by atoms with van der Waals surface area (Å²) in [6.07, 6.45) is 5.31. The monoisotopic (exact) mass is 332 g/mol. The van der Waals surface area contributed by atoms with Crippen LogP contribution < -0.4 is 5.32 Å². The Morgan fingerprint density at radius 2 is 2.08 bits per heavy atom. The van der Waals surface area contributed by atoms with Crippen molar-refractivity contribution in [1.82, 2.24) is 30.0 Å². The summed E-state index contributed by atoms with van der Waals surface area (Å²) in [4.78, 5) is 21.0. The molecule has 3 aromatic heterocycles. The average molecular weight is 332 g/mol. The summed E-state index contributed by atoms with van der Waals surface area (Å²) in [5.41, 5.74) is 2.19. The predicted octanol–water partition coefficient (Wildman–Crippen LogP) is 2.38. The quantitative estimate of drug-likeness (QED) is 0.600. The number of H-pyrrole nitrogens is 1. The van der Waals surface area contributed by atoms with Crippen LogP contribution in [0, 0.1) is 6.92 Å². The first-order chi connectivity index (χ1) is 12.2. The van der Waals surface area contributed by atoms with Gasteiger partial charge in [-0.2, -0.15) is 5.10 Å². The van der Waals surface area contributed by atoms with Gasteiger partial charge >= 0.3 is 0 Å². The summed E-state index contributed by atoms with van der Waals surface area (Å²) < 4.78 is 1.90. The molecule has 1 aromatic carbocycles. The number of carbonyl (C=O) groups excluding carboxylic acids is 1. The van der Waals surface area contributed by atoms with Crippen molar-refractivity contribution in [2.24, 2.45) is 0 Å². The van der Waals surface area contributed by atoms with Gasteiger partial charge in [0.05, 0.1) is 5.52 Å². The summed E-state index contributed by atoms with van der Waals surface area (Å²) in [6.45, 7) is 2.31. The van der Waals surface area contributed by atoms with Crippen molar-refractivity contribution in [3.8, 4) is 5.82 Å². The Morgan fingerprint density at radius 1 is 1.20 bits per heavy atom. The van der Waals surface area contributed by atoms with E-state index >= 15 is 0 Å². The Hall–Kier alpha value is -3.48. The maximum atomic E-state index is 12.4. The molecule has 25 heavy (non-hydrogen) atoms. The molecule has 0 bridgehead atoms. The van der Waals surface area contributed by atoms with E-state index in [4.69, 9.17) is 0 Å². The number of nitrogens with one attached hydrogen (secondary N) is 2. The fraction of sp³-hybridized carbons (Fsp3) is 0.111. The highest BCUT2D eigenvalue weighted by molar-refractivity contribution is 6.04. The number of para-hydroxylation sites is 1. The van der Waals surface area contributed by atoms with Crippen LogP contribution in [-0.2, 0) is 6.54 Å². The Morgan fingerprint density at radius 3 is 2.92 bits per heavy atom. The largest absolute Gasteiger partial charge is 0.347 e. The molecule has 0 spiro atoms. The fourth-order valence-corrected chi connectivity index (χ4v) is 2.72. The molecule has 0 saturated carbocycles. The molecule has 0 fully saturated rings. The lowest BCUT2D eigenvalue weighted by atomic mass is 10.2. The molecule has 0 aliphatic rings. The molecule has 124 valence electrons. The second-order valence-electron chi connectivity index (χ2n) is 5.67. The van der Waals surface area contributed by atoms with Gasteiger partial charge in [-0.05, 0) is 30.7 Å². The van der Waals surface area contributed by atoms with Gasteiger partial charge < -0.3 is 5.32 Å². The molecule has 4 rings (SSSR count). The summed E-state index contributed by atoms with van der Waals surface area (Å²) in [5.74, 6) is 1.42. The van der Waals surface area contributed by atoms with Gasteiger partial charge in [0.2, 0.25) is 0 Å². The smallest absolute Gasteiger partial charge is 0.272 e. The minimum absolute atomic E-state index is 0.213. The number of hydrogen-bond donors (Lipinski definition) is 2. The van der Waals surface area contributed by atoms with Crippen molar-refractivity contribution in [3.63, 3.8) is 0 Å². The van der Waals surface area contributed by atoms with Gasteiger partial charge in [-0.3, -0.25) is 14.5 Å². The Balaban J connectivity index is 1.52. The molecule has 0 radical (unpaired) electrons. The number of hydrogen-bond acceptors (Lipinski definition) is 4. The van der Waals surface area contributed by atoms with E-state index in [2.05, 4.69) is 25.5 Å². The van der Waals surface area contributed by atoms with Crippen molar-refractivity contribution in [2.75, 3.05) is 0 Å². The van der Waals surface area contributed by atoms with E-state index in [0.717, 1.165) is 28.1 Å². The number of imidazole rings is 1. The zero-order valence-electron chi connectivity index (χ0n) is 13.6. The molecule has 1 amide bonds. The van der Waals surface area contributed by atoms with Gasteiger partial charge in [0.25, 0.3) is 5.91 Å². The number of pyridine rings is 1. The third kappa shape index (κ3) is 2.87. The summed E-state index contributed by atoms with van der Waals surface area (Å²) in [7, 11) is 0. The van der Waals surface area contributed by atoms with Gasteiger partial charge in [-0.1, -0.05) is 18.2 Å². The number of amides is 1. The summed E-state index contributed by atoms with van der Waals surface area (Å²) in [6, 6.07) is 11.4. The first-order valence-electron chi connectivity index (χ1n) is 7.89. The van der Waals surface area contributed by atoms with E-state index in [1.807, 2.05) is 54.1 Å². The van der Waals surface area contributed by atoms with Crippen molar-refractivity contribution in [1.29, 1.82) is 0 Å². The Kier molecular flexibility index (Phi) is 3.74. The van der Waals surface area contributed by atoms with E-state index in [1.54, 1.807) is 12.4 Å². The number of aromatic amines is 1. The Labute approximate surface area is 143 Å². The van der Waals surface area contributed by atoms with E-state index < -0.39 is 0 Å². The topological polar surface area (TPSA) is 88.5 Å². The van der Waals surface area contributed by atoms with Crippen LogP contribution in [0.3, 0.4) is 0 Å². The lowest BCUT2D eigenvalue weighted by Crippen LogP contribution is -2.23. The highest BCUT2D eigenvalue weighted by Gasteiger charge is 2.13. The Bertz CT molecular complexity index is 1050. The maximum absolute atomic E-state index is 12.4. The van der Waals surface area contributed by atoms with E-state index in [-0.39, 0.29) is 5.91 Å². The van der Waals surface area contributed by atoms with Gasteiger partial charge in [0.15, 0.2) is 5.69 Å². The summed E-state index contributed by atoms with van der Waals surface area (Å²) in [5, 5.41) is 10.7. The standard InChI is InChI=1S/C18H16N6O/c1-12-19-8-9-24(12)16-10-13(6-7-20-16)11-21-18(25)17-14-4-2-3-5-15(14)22-23-17/h2-10H,11H2,1H3,(H,21,25)(H,22,23). The molecule has 3 heterocycles. The highest BCUT2D eigenvalue weighted by Crippen LogP contribution is 2.15. The molecule has 0 atom stereocenters. The predicted molar refractivity (Wildman–Crippen MR) is 93.4 cm³/mol. The molecule has 7 heteroatoms.